The van der Waals surface area contributed by atoms with Crippen LogP contribution in [-0.4, -0.2) is 21.1 Å². The van der Waals surface area contributed by atoms with Crippen molar-refractivity contribution in [2.24, 2.45) is 0 Å². The van der Waals surface area contributed by atoms with Gasteiger partial charge in [0.1, 0.15) is 0 Å². The zero-order chi connectivity index (χ0) is 20.1. The molecule has 2 heterocycles. The van der Waals surface area contributed by atoms with Crippen molar-refractivity contribution in [1.82, 2.24) is 15.1 Å². The van der Waals surface area contributed by atoms with Crippen LogP contribution in [-0.2, 0) is 17.9 Å². The Balaban J connectivity index is 1.31. The summed E-state index contributed by atoms with van der Waals surface area (Å²) < 4.78 is 10.4. The van der Waals surface area contributed by atoms with Crippen LogP contribution in [0.1, 0.15) is 27.5 Å². The van der Waals surface area contributed by atoms with E-state index in [1.54, 1.807) is 5.38 Å². The van der Waals surface area contributed by atoms with Crippen LogP contribution < -0.4 is 5.32 Å². The van der Waals surface area contributed by atoms with E-state index in [4.69, 9.17) is 9.26 Å². The van der Waals surface area contributed by atoms with Crippen LogP contribution in [0.5, 0.6) is 0 Å². The number of nitrogens with one attached hydrogen (secondary N) is 1. The lowest BCUT2D eigenvalue weighted by atomic mass is 10.1. The first-order chi connectivity index (χ1) is 14.2. The molecule has 0 fully saturated rings. The highest BCUT2D eigenvalue weighted by Crippen LogP contribution is 2.19. The SMILES string of the molecule is Cc1ccc(-c2noc(COC(=O)c3csc(NCc4ccccc4)n3)n2)cc1. The van der Waals surface area contributed by atoms with E-state index in [1.807, 2.05) is 61.5 Å². The van der Waals surface area contributed by atoms with Gasteiger partial charge in [-0.25, -0.2) is 9.78 Å². The van der Waals surface area contributed by atoms with Crippen LogP contribution in [0.25, 0.3) is 11.4 Å². The van der Waals surface area contributed by atoms with Gasteiger partial charge < -0.3 is 14.6 Å². The van der Waals surface area contributed by atoms with E-state index in [-0.39, 0.29) is 18.2 Å². The Morgan fingerprint density at radius 3 is 2.69 bits per heavy atom. The Labute approximate surface area is 171 Å². The molecule has 2 aromatic carbocycles. The van der Waals surface area contributed by atoms with E-state index in [0.717, 1.165) is 16.7 Å². The molecule has 0 radical (unpaired) electrons. The zero-order valence-corrected chi connectivity index (χ0v) is 16.5. The number of nitrogens with zero attached hydrogens (tertiary/aromatic N) is 3. The molecule has 8 heteroatoms. The molecule has 0 saturated carbocycles. The van der Waals surface area contributed by atoms with Crippen LogP contribution >= 0.6 is 11.3 Å². The van der Waals surface area contributed by atoms with Crippen molar-refractivity contribution in [3.63, 3.8) is 0 Å². The van der Waals surface area contributed by atoms with E-state index < -0.39 is 5.97 Å². The first-order valence-corrected chi connectivity index (χ1v) is 9.85. The molecule has 2 aromatic heterocycles. The summed E-state index contributed by atoms with van der Waals surface area (Å²) in [4.78, 5) is 20.7. The molecule has 0 unspecified atom stereocenters. The number of aryl methyl sites for hydroxylation is 1. The molecule has 0 aliphatic rings. The van der Waals surface area contributed by atoms with Crippen LogP contribution in [0.15, 0.2) is 64.5 Å². The summed E-state index contributed by atoms with van der Waals surface area (Å²) in [7, 11) is 0. The van der Waals surface area contributed by atoms with Gasteiger partial charge in [-0.3, -0.25) is 0 Å². The third-order valence-corrected chi connectivity index (χ3v) is 4.90. The maximum Gasteiger partial charge on any atom is 0.358 e. The van der Waals surface area contributed by atoms with Crippen molar-refractivity contribution in [1.29, 1.82) is 0 Å². The minimum atomic E-state index is -0.538. The monoisotopic (exact) mass is 406 g/mol. The second-order valence-corrected chi connectivity index (χ2v) is 7.19. The van der Waals surface area contributed by atoms with Crippen molar-refractivity contribution in [3.05, 3.63) is 82.7 Å². The topological polar surface area (TPSA) is 90.1 Å². The van der Waals surface area contributed by atoms with Crippen LogP contribution in [0.2, 0.25) is 0 Å². The molecule has 1 N–H and O–H groups in total. The molecule has 7 nitrogen and oxygen atoms in total. The molecule has 29 heavy (non-hydrogen) atoms. The van der Waals surface area contributed by atoms with Crippen LogP contribution in [0.4, 0.5) is 5.13 Å². The lowest BCUT2D eigenvalue weighted by Crippen LogP contribution is -2.06. The Morgan fingerprint density at radius 2 is 1.90 bits per heavy atom. The Morgan fingerprint density at radius 1 is 1.10 bits per heavy atom. The highest BCUT2D eigenvalue weighted by Gasteiger charge is 2.15. The molecule has 4 rings (SSSR count). The lowest BCUT2D eigenvalue weighted by molar-refractivity contribution is 0.0424. The summed E-state index contributed by atoms with van der Waals surface area (Å²) >= 11 is 1.35. The Hall–Kier alpha value is -3.52. The van der Waals surface area contributed by atoms with Crippen molar-refractivity contribution in [2.75, 3.05) is 5.32 Å². The average molecular weight is 406 g/mol. The molecule has 0 atom stereocenters. The van der Waals surface area contributed by atoms with Gasteiger partial charge >= 0.3 is 5.97 Å². The van der Waals surface area contributed by atoms with Crippen molar-refractivity contribution in [2.45, 2.75) is 20.1 Å². The van der Waals surface area contributed by atoms with Crippen LogP contribution in [0.3, 0.4) is 0 Å². The Bertz CT molecular complexity index is 1090. The smallest absolute Gasteiger partial charge is 0.358 e. The van der Waals surface area contributed by atoms with Gasteiger partial charge in [-0.05, 0) is 12.5 Å². The molecule has 0 aliphatic heterocycles. The maximum absolute atomic E-state index is 12.2. The summed E-state index contributed by atoms with van der Waals surface area (Å²) in [5.74, 6) is 0.146. The number of hydrogen-bond donors (Lipinski definition) is 1. The van der Waals surface area contributed by atoms with Gasteiger partial charge in [-0.15, -0.1) is 11.3 Å². The first kappa shape index (κ1) is 18.8. The molecule has 0 saturated heterocycles. The number of carbonyl (C=O) groups excluding carboxylic acids is 1. The summed E-state index contributed by atoms with van der Waals surface area (Å²) in [5.41, 5.74) is 3.36. The molecule has 4 aromatic rings. The first-order valence-electron chi connectivity index (χ1n) is 8.97. The van der Waals surface area contributed by atoms with E-state index in [2.05, 4.69) is 20.4 Å². The van der Waals surface area contributed by atoms with Gasteiger partial charge in [0.2, 0.25) is 5.82 Å². The second kappa shape index (κ2) is 8.66. The number of thiazole rings is 1. The normalized spacial score (nSPS) is 10.7. The molecular formula is C21H18N4O3S. The molecule has 0 bridgehead atoms. The molecular weight excluding hydrogens is 388 g/mol. The van der Waals surface area contributed by atoms with Gasteiger partial charge in [0.05, 0.1) is 0 Å². The van der Waals surface area contributed by atoms with Gasteiger partial charge in [-0.1, -0.05) is 65.3 Å². The number of carbonyl (C=O) groups is 1. The number of anilines is 1. The standard InChI is InChI=1S/C21H18N4O3S/c1-14-7-9-16(10-8-14)19-24-18(28-25-19)12-27-20(26)17-13-29-21(23-17)22-11-15-5-3-2-4-6-15/h2-10,13H,11-12H2,1H3,(H,22,23). The predicted octanol–water partition coefficient (Wildman–Crippen LogP) is 4.47. The fourth-order valence-corrected chi connectivity index (χ4v) is 3.24. The lowest BCUT2D eigenvalue weighted by Gasteiger charge is -2.02. The number of hydrogen-bond acceptors (Lipinski definition) is 8. The van der Waals surface area contributed by atoms with Crippen molar-refractivity contribution >= 4 is 22.4 Å². The minimum Gasteiger partial charge on any atom is -0.451 e. The van der Waals surface area contributed by atoms with Gasteiger partial charge in [0.15, 0.2) is 17.4 Å². The summed E-state index contributed by atoms with van der Waals surface area (Å²) in [5, 5.41) is 9.42. The fraction of sp³-hybridized carbons (Fsp3) is 0.143. The molecule has 0 spiro atoms. The Kier molecular flexibility index (Phi) is 5.62. The molecule has 146 valence electrons. The molecule has 0 aliphatic carbocycles. The van der Waals surface area contributed by atoms with Gasteiger partial charge in [0, 0.05) is 17.5 Å². The molecule has 0 amide bonds. The summed E-state index contributed by atoms with van der Waals surface area (Å²) in [6.45, 7) is 2.53. The quantitative estimate of drug-likeness (QED) is 0.453. The summed E-state index contributed by atoms with van der Waals surface area (Å²) in [6.07, 6.45) is 0. The fourth-order valence-electron chi connectivity index (χ4n) is 2.56. The van der Waals surface area contributed by atoms with Gasteiger partial charge in [0.25, 0.3) is 5.89 Å². The third-order valence-electron chi connectivity index (χ3n) is 4.10. The van der Waals surface area contributed by atoms with E-state index in [1.165, 1.54) is 11.3 Å². The zero-order valence-electron chi connectivity index (χ0n) is 15.7. The van der Waals surface area contributed by atoms with Crippen molar-refractivity contribution in [3.8, 4) is 11.4 Å². The maximum atomic E-state index is 12.2. The van der Waals surface area contributed by atoms with E-state index in [9.17, 15) is 4.79 Å². The second-order valence-electron chi connectivity index (χ2n) is 6.33. The third kappa shape index (κ3) is 4.85. The highest BCUT2D eigenvalue weighted by molar-refractivity contribution is 7.13. The highest BCUT2D eigenvalue weighted by atomic mass is 32.1. The summed E-state index contributed by atoms with van der Waals surface area (Å²) in [6, 6.07) is 17.7. The van der Waals surface area contributed by atoms with E-state index in [0.29, 0.717) is 17.5 Å². The number of benzene rings is 2. The number of rotatable bonds is 7. The predicted molar refractivity (Wildman–Crippen MR) is 109 cm³/mol. The largest absolute Gasteiger partial charge is 0.451 e. The van der Waals surface area contributed by atoms with Gasteiger partial charge in [-0.2, -0.15) is 4.98 Å². The van der Waals surface area contributed by atoms with Crippen LogP contribution in [0, 0.1) is 6.92 Å². The number of esters is 1. The van der Waals surface area contributed by atoms with Crippen molar-refractivity contribution < 1.29 is 14.1 Å². The average Bonchev–Trinajstić information content (AvgIpc) is 3.42. The number of aromatic nitrogens is 3. The van der Waals surface area contributed by atoms with E-state index >= 15 is 0 Å². The number of ether oxygens (including phenoxy) is 1. The minimum absolute atomic E-state index is 0.109.